The lowest BCUT2D eigenvalue weighted by Crippen LogP contribution is -2.31. The Hall–Kier alpha value is -1.50. The number of piperidine rings is 1. The number of thiazole rings is 1. The summed E-state index contributed by atoms with van der Waals surface area (Å²) in [5.41, 5.74) is 2.21. The van der Waals surface area contributed by atoms with Crippen LogP contribution in [-0.2, 0) is 11.2 Å². The quantitative estimate of drug-likeness (QED) is 0.824. The second-order valence-corrected chi connectivity index (χ2v) is 8.27. The van der Waals surface area contributed by atoms with Gasteiger partial charge in [-0.15, -0.1) is 23.7 Å². The Morgan fingerprint density at radius 3 is 2.73 bits per heavy atom. The van der Waals surface area contributed by atoms with Gasteiger partial charge in [-0.25, -0.2) is 9.37 Å². The first-order chi connectivity index (χ1) is 12.1. The number of nitrogens with one attached hydrogen (secondary N) is 2. The minimum Gasteiger partial charge on any atom is -0.317 e. The third-order valence-corrected chi connectivity index (χ3v) is 6.58. The first-order valence-corrected chi connectivity index (χ1v) is 9.60. The highest BCUT2D eigenvalue weighted by molar-refractivity contribution is 7.15. The van der Waals surface area contributed by atoms with Crippen molar-refractivity contribution < 1.29 is 9.18 Å². The molecule has 4 nitrogen and oxygen atoms in total. The number of anilines is 1. The lowest BCUT2D eigenvalue weighted by Gasteiger charge is -2.22. The van der Waals surface area contributed by atoms with Crippen molar-refractivity contribution in [3.8, 4) is 0 Å². The summed E-state index contributed by atoms with van der Waals surface area (Å²) in [6, 6.07) is 6.52. The lowest BCUT2D eigenvalue weighted by atomic mass is 9.92. The molecular weight excluding hydrogens is 373 g/mol. The van der Waals surface area contributed by atoms with E-state index in [0.29, 0.717) is 11.6 Å². The van der Waals surface area contributed by atoms with E-state index in [1.165, 1.54) is 23.5 Å². The predicted molar refractivity (Wildman–Crippen MR) is 105 cm³/mol. The molecule has 1 atom stereocenters. The molecular formula is C19H23ClFN3OS. The number of carbonyl (C=O) groups is 1. The third kappa shape index (κ3) is 3.92. The molecule has 1 spiro atoms. The summed E-state index contributed by atoms with van der Waals surface area (Å²) in [6.45, 7) is 3.99. The van der Waals surface area contributed by atoms with Crippen LogP contribution >= 0.6 is 23.7 Å². The molecule has 0 bridgehead atoms. The first kappa shape index (κ1) is 19.3. The molecule has 2 N–H and O–H groups in total. The molecule has 7 heteroatoms. The summed E-state index contributed by atoms with van der Waals surface area (Å²) in [4.78, 5) is 18.2. The Bertz CT molecular complexity index is 787. The van der Waals surface area contributed by atoms with Gasteiger partial charge in [0.05, 0.1) is 5.69 Å². The molecule has 140 valence electrons. The van der Waals surface area contributed by atoms with Gasteiger partial charge in [-0.1, -0.05) is 12.1 Å². The highest BCUT2D eigenvalue weighted by Crippen LogP contribution is 2.58. The number of aromatic nitrogens is 1. The van der Waals surface area contributed by atoms with Crippen LogP contribution in [0.5, 0.6) is 0 Å². The molecule has 2 aliphatic rings. The first-order valence-electron chi connectivity index (χ1n) is 8.78. The summed E-state index contributed by atoms with van der Waals surface area (Å²) in [5, 5.41) is 7.06. The largest absolute Gasteiger partial charge is 0.317 e. The van der Waals surface area contributed by atoms with Crippen molar-refractivity contribution in [3.05, 3.63) is 46.2 Å². The van der Waals surface area contributed by atoms with E-state index < -0.39 is 0 Å². The average Bonchev–Trinajstić information content (AvgIpc) is 3.18. The van der Waals surface area contributed by atoms with Gasteiger partial charge >= 0.3 is 0 Å². The Morgan fingerprint density at radius 2 is 2.04 bits per heavy atom. The number of halogens is 2. The van der Waals surface area contributed by atoms with Crippen LogP contribution in [0.4, 0.5) is 9.52 Å². The fourth-order valence-corrected chi connectivity index (χ4v) is 4.82. The average molecular weight is 396 g/mol. The molecule has 0 radical (unpaired) electrons. The molecule has 1 aliphatic carbocycles. The van der Waals surface area contributed by atoms with E-state index in [4.69, 9.17) is 0 Å². The summed E-state index contributed by atoms with van der Waals surface area (Å²) >= 11 is 1.52. The van der Waals surface area contributed by atoms with Crippen LogP contribution in [0.3, 0.4) is 0 Å². The molecule has 2 fully saturated rings. The molecule has 1 saturated carbocycles. The molecule has 2 heterocycles. The molecule has 1 saturated heterocycles. The smallest absolute Gasteiger partial charge is 0.229 e. The molecule has 1 unspecified atom stereocenters. The van der Waals surface area contributed by atoms with Crippen molar-refractivity contribution in [1.29, 1.82) is 0 Å². The monoisotopic (exact) mass is 395 g/mol. The minimum atomic E-state index is -0.228. The molecule has 1 aromatic carbocycles. The van der Waals surface area contributed by atoms with Crippen LogP contribution in [-0.4, -0.2) is 24.0 Å². The highest BCUT2D eigenvalue weighted by Gasteiger charge is 2.57. The maximum atomic E-state index is 13.0. The van der Waals surface area contributed by atoms with E-state index >= 15 is 0 Å². The van der Waals surface area contributed by atoms with E-state index in [0.717, 1.165) is 48.5 Å². The molecule has 1 amide bonds. The number of hydrogen-bond donors (Lipinski definition) is 2. The maximum absolute atomic E-state index is 13.0. The number of benzene rings is 1. The van der Waals surface area contributed by atoms with E-state index in [1.807, 2.05) is 6.92 Å². The number of nitrogens with zero attached hydrogens (tertiary/aromatic N) is 1. The number of hydrogen-bond acceptors (Lipinski definition) is 4. The number of carbonyl (C=O) groups excluding carboxylic acids is 1. The van der Waals surface area contributed by atoms with Crippen LogP contribution in [0.15, 0.2) is 24.3 Å². The van der Waals surface area contributed by atoms with Crippen molar-refractivity contribution in [2.45, 2.75) is 32.6 Å². The van der Waals surface area contributed by atoms with E-state index in [2.05, 4.69) is 15.6 Å². The summed E-state index contributed by atoms with van der Waals surface area (Å²) in [7, 11) is 0. The Kier molecular flexibility index (Phi) is 5.65. The number of aryl methyl sites for hydroxylation is 1. The zero-order valence-electron chi connectivity index (χ0n) is 14.7. The third-order valence-electron chi connectivity index (χ3n) is 5.51. The Balaban J connectivity index is 0.00000196. The fraction of sp³-hybridized carbons (Fsp3) is 0.474. The van der Waals surface area contributed by atoms with E-state index in [1.54, 1.807) is 12.1 Å². The van der Waals surface area contributed by atoms with Gasteiger partial charge in [0, 0.05) is 17.2 Å². The van der Waals surface area contributed by atoms with Gasteiger partial charge < -0.3 is 10.6 Å². The zero-order valence-corrected chi connectivity index (χ0v) is 16.3. The number of amides is 1. The summed E-state index contributed by atoms with van der Waals surface area (Å²) < 4.78 is 13.0. The van der Waals surface area contributed by atoms with Gasteiger partial charge in [-0.3, -0.25) is 4.79 Å². The molecule has 26 heavy (non-hydrogen) atoms. The second-order valence-electron chi connectivity index (χ2n) is 7.19. The topological polar surface area (TPSA) is 54.0 Å². The molecule has 1 aliphatic heterocycles. The van der Waals surface area contributed by atoms with Gasteiger partial charge in [-0.05, 0) is 62.4 Å². The van der Waals surface area contributed by atoms with Crippen LogP contribution in [0.1, 0.15) is 35.4 Å². The number of rotatable bonds is 4. The Morgan fingerprint density at radius 1 is 1.35 bits per heavy atom. The molecule has 1 aromatic heterocycles. The van der Waals surface area contributed by atoms with Crippen LogP contribution in [0.25, 0.3) is 0 Å². The fourth-order valence-electron chi connectivity index (χ4n) is 3.82. The van der Waals surface area contributed by atoms with Gasteiger partial charge in [0.15, 0.2) is 5.13 Å². The molecule has 2 aromatic rings. The van der Waals surface area contributed by atoms with Crippen molar-refractivity contribution in [2.24, 2.45) is 11.3 Å². The van der Waals surface area contributed by atoms with Gasteiger partial charge in [-0.2, -0.15) is 0 Å². The second kappa shape index (κ2) is 7.62. The van der Waals surface area contributed by atoms with Crippen molar-refractivity contribution in [2.75, 3.05) is 18.4 Å². The van der Waals surface area contributed by atoms with Crippen LogP contribution < -0.4 is 10.6 Å². The van der Waals surface area contributed by atoms with Crippen LogP contribution in [0, 0.1) is 24.1 Å². The van der Waals surface area contributed by atoms with Crippen molar-refractivity contribution in [1.82, 2.24) is 10.3 Å². The normalized spacial score (nSPS) is 20.5. The Labute approximate surface area is 163 Å². The standard InChI is InChI=1S/C19H22FN3OS.ClH/c1-12-16(10-13-2-4-14(20)5-3-13)25-18(22-12)23-17(24)15-11-19(15)6-8-21-9-7-19;/h2-5,15,21H,6-11H2,1H3,(H,22,23,24);1H. The zero-order chi connectivity index (χ0) is 17.4. The predicted octanol–water partition coefficient (Wildman–Crippen LogP) is 3.93. The summed E-state index contributed by atoms with van der Waals surface area (Å²) in [6.07, 6.45) is 3.90. The van der Waals surface area contributed by atoms with E-state index in [-0.39, 0.29) is 35.5 Å². The van der Waals surface area contributed by atoms with E-state index in [9.17, 15) is 9.18 Å². The maximum Gasteiger partial charge on any atom is 0.229 e. The lowest BCUT2D eigenvalue weighted by molar-refractivity contribution is -0.118. The van der Waals surface area contributed by atoms with Crippen molar-refractivity contribution in [3.63, 3.8) is 0 Å². The summed E-state index contributed by atoms with van der Waals surface area (Å²) in [5.74, 6) is 0.0253. The van der Waals surface area contributed by atoms with Gasteiger partial charge in [0.25, 0.3) is 0 Å². The van der Waals surface area contributed by atoms with Gasteiger partial charge in [0.1, 0.15) is 5.82 Å². The SMILES string of the molecule is Cc1nc(NC(=O)C2CC23CCNCC3)sc1Cc1ccc(F)cc1.Cl. The van der Waals surface area contributed by atoms with Gasteiger partial charge in [0.2, 0.25) is 5.91 Å². The van der Waals surface area contributed by atoms with Crippen LogP contribution in [0.2, 0.25) is 0 Å². The highest BCUT2D eigenvalue weighted by atomic mass is 35.5. The minimum absolute atomic E-state index is 0. The van der Waals surface area contributed by atoms with Crippen molar-refractivity contribution >= 4 is 34.8 Å². The molecule has 4 rings (SSSR count).